The predicted molar refractivity (Wildman–Crippen MR) is 206 cm³/mol. The Labute approximate surface area is 285 Å². The zero-order chi connectivity index (χ0) is 32.6. The van der Waals surface area contributed by atoms with E-state index in [1.54, 1.807) is 0 Å². The number of hydrogen-bond donors (Lipinski definition) is 0. The van der Waals surface area contributed by atoms with Crippen molar-refractivity contribution in [2.45, 2.75) is 0 Å². The van der Waals surface area contributed by atoms with E-state index in [2.05, 4.69) is 157 Å². The molecule has 0 aliphatic carbocycles. The van der Waals surface area contributed by atoms with E-state index < -0.39 is 0 Å². The van der Waals surface area contributed by atoms with Gasteiger partial charge in [-0.2, -0.15) is 0 Å². The molecule has 2 heterocycles. The molecule has 0 radical (unpaired) electrons. The van der Waals surface area contributed by atoms with Gasteiger partial charge in [0, 0.05) is 51.4 Å². The van der Waals surface area contributed by atoms with E-state index in [1.165, 1.54) is 21.9 Å². The van der Waals surface area contributed by atoms with Gasteiger partial charge < -0.3 is 4.90 Å². The Balaban J connectivity index is 1.09. The third-order valence-electron chi connectivity index (χ3n) is 9.31. The smallest absolute Gasteiger partial charge is 0.0702 e. The summed E-state index contributed by atoms with van der Waals surface area (Å²) in [6, 6.07) is 62.5. The first kappa shape index (κ1) is 28.6. The zero-order valence-corrected chi connectivity index (χ0v) is 26.7. The summed E-state index contributed by atoms with van der Waals surface area (Å²) in [6.45, 7) is 0. The maximum Gasteiger partial charge on any atom is 0.0702 e. The van der Waals surface area contributed by atoms with Gasteiger partial charge >= 0.3 is 0 Å². The molecule has 0 aliphatic heterocycles. The van der Waals surface area contributed by atoms with Gasteiger partial charge in [0.1, 0.15) is 0 Å². The molecule has 0 unspecified atom stereocenters. The zero-order valence-electron chi connectivity index (χ0n) is 26.7. The molecule has 9 aromatic rings. The normalized spacial score (nSPS) is 11.3. The highest BCUT2D eigenvalue weighted by Crippen LogP contribution is 2.38. The van der Waals surface area contributed by atoms with Gasteiger partial charge in [0.2, 0.25) is 0 Å². The molecule has 0 bridgehead atoms. The maximum atomic E-state index is 4.70. The van der Waals surface area contributed by atoms with Crippen LogP contribution in [-0.2, 0) is 0 Å². The molecule has 230 valence electrons. The van der Waals surface area contributed by atoms with Gasteiger partial charge in [-0.15, -0.1) is 0 Å². The Morgan fingerprint density at radius 1 is 0.286 bits per heavy atom. The van der Waals surface area contributed by atoms with Crippen LogP contribution >= 0.6 is 0 Å². The first-order chi connectivity index (χ1) is 24.2. The summed E-state index contributed by atoms with van der Waals surface area (Å²) in [6.07, 6.45) is 3.92. The van der Waals surface area contributed by atoms with Crippen LogP contribution in [0.5, 0.6) is 0 Å². The first-order valence-electron chi connectivity index (χ1n) is 16.6. The SMILES string of the molecule is c1ccc2cc(-c3ccc(N(c4ccc(-c5cnc6ccccc6c5)cc4)c4ccc(-c5cnc6ccccc6c5)cc4)cc3)ccc2c1. The lowest BCUT2D eigenvalue weighted by Gasteiger charge is -2.26. The van der Waals surface area contributed by atoms with Crippen LogP contribution in [-0.4, -0.2) is 9.97 Å². The Kier molecular flexibility index (Phi) is 7.14. The highest BCUT2D eigenvalue weighted by atomic mass is 15.1. The number of rotatable bonds is 6. The van der Waals surface area contributed by atoms with Crippen LogP contribution in [0.15, 0.2) is 188 Å². The Hall–Kier alpha value is -6.58. The van der Waals surface area contributed by atoms with E-state index in [0.717, 1.165) is 61.1 Å². The van der Waals surface area contributed by atoms with Crippen molar-refractivity contribution in [3.8, 4) is 33.4 Å². The van der Waals surface area contributed by atoms with Crippen molar-refractivity contribution < 1.29 is 0 Å². The van der Waals surface area contributed by atoms with Crippen molar-refractivity contribution >= 4 is 49.6 Å². The van der Waals surface area contributed by atoms with Crippen molar-refractivity contribution in [1.29, 1.82) is 0 Å². The molecule has 0 saturated heterocycles. The molecule has 49 heavy (non-hydrogen) atoms. The highest BCUT2D eigenvalue weighted by molar-refractivity contribution is 5.89. The number of benzene rings is 7. The van der Waals surface area contributed by atoms with E-state index >= 15 is 0 Å². The fraction of sp³-hybridized carbons (Fsp3) is 0. The van der Waals surface area contributed by atoms with Gasteiger partial charge in [0.15, 0.2) is 0 Å². The molecule has 0 aliphatic rings. The second kappa shape index (κ2) is 12.2. The minimum Gasteiger partial charge on any atom is -0.311 e. The number of fused-ring (bicyclic) bond motifs is 3. The minimum absolute atomic E-state index is 1.00. The molecular formula is C46H31N3. The Morgan fingerprint density at radius 3 is 1.14 bits per heavy atom. The lowest BCUT2D eigenvalue weighted by Crippen LogP contribution is -2.09. The predicted octanol–water partition coefficient (Wildman–Crippen LogP) is 12.4. The second-order valence-electron chi connectivity index (χ2n) is 12.4. The standard InChI is InChI=1S/C46H31N3/c1-2-8-36-27-37(14-13-32(36)7-1)33-15-21-42(22-16-33)49(43-23-17-34(18-24-43)40-28-38-9-3-5-11-45(38)47-30-40)44-25-19-35(20-26-44)41-29-39-10-4-6-12-46(39)48-31-41/h1-31H. The second-order valence-corrected chi connectivity index (χ2v) is 12.4. The quantitative estimate of drug-likeness (QED) is 0.184. The minimum atomic E-state index is 1.00. The van der Waals surface area contributed by atoms with Crippen molar-refractivity contribution in [2.75, 3.05) is 4.90 Å². The van der Waals surface area contributed by atoms with Crippen LogP contribution in [0, 0.1) is 0 Å². The molecule has 3 heteroatoms. The average molecular weight is 626 g/mol. The van der Waals surface area contributed by atoms with Crippen LogP contribution < -0.4 is 4.90 Å². The topological polar surface area (TPSA) is 29.0 Å². The van der Waals surface area contributed by atoms with Crippen LogP contribution in [0.1, 0.15) is 0 Å². The molecular weight excluding hydrogens is 595 g/mol. The number of para-hydroxylation sites is 2. The monoisotopic (exact) mass is 625 g/mol. The third-order valence-corrected chi connectivity index (χ3v) is 9.31. The molecule has 2 aromatic heterocycles. The van der Waals surface area contributed by atoms with Gasteiger partial charge in [-0.25, -0.2) is 0 Å². The Morgan fingerprint density at radius 2 is 0.653 bits per heavy atom. The molecule has 3 nitrogen and oxygen atoms in total. The van der Waals surface area contributed by atoms with Gasteiger partial charge in [0.05, 0.1) is 11.0 Å². The highest BCUT2D eigenvalue weighted by Gasteiger charge is 2.14. The third kappa shape index (κ3) is 5.58. The molecule has 0 N–H and O–H groups in total. The van der Waals surface area contributed by atoms with E-state index in [1.807, 2.05) is 36.7 Å². The fourth-order valence-electron chi connectivity index (χ4n) is 6.68. The summed E-state index contributed by atoms with van der Waals surface area (Å²) in [4.78, 5) is 11.7. The summed E-state index contributed by atoms with van der Waals surface area (Å²) in [5.41, 5.74) is 12.1. The molecule has 9 rings (SSSR count). The van der Waals surface area contributed by atoms with Crippen molar-refractivity contribution in [3.05, 3.63) is 188 Å². The van der Waals surface area contributed by atoms with Crippen LogP contribution in [0.2, 0.25) is 0 Å². The molecule has 0 atom stereocenters. The molecule has 0 fully saturated rings. The number of aromatic nitrogens is 2. The van der Waals surface area contributed by atoms with Crippen molar-refractivity contribution in [3.63, 3.8) is 0 Å². The molecule has 0 spiro atoms. The fourth-order valence-corrected chi connectivity index (χ4v) is 6.68. The molecule has 7 aromatic carbocycles. The van der Waals surface area contributed by atoms with Crippen LogP contribution in [0.3, 0.4) is 0 Å². The summed E-state index contributed by atoms with van der Waals surface area (Å²) in [5.74, 6) is 0. The van der Waals surface area contributed by atoms with E-state index in [9.17, 15) is 0 Å². The van der Waals surface area contributed by atoms with Gasteiger partial charge in [-0.1, -0.05) is 109 Å². The number of anilines is 3. The Bertz CT molecular complexity index is 2300. The lowest BCUT2D eigenvalue weighted by atomic mass is 10.0. The number of pyridine rings is 2. The summed E-state index contributed by atoms with van der Waals surface area (Å²) in [5, 5.41) is 4.77. The van der Waals surface area contributed by atoms with Crippen LogP contribution in [0.4, 0.5) is 17.1 Å². The molecule has 0 saturated carbocycles. The summed E-state index contributed by atoms with van der Waals surface area (Å²) in [7, 11) is 0. The molecule has 0 amide bonds. The lowest BCUT2D eigenvalue weighted by molar-refractivity contribution is 1.28. The van der Waals surface area contributed by atoms with Gasteiger partial charge in [-0.3, -0.25) is 9.97 Å². The van der Waals surface area contributed by atoms with Crippen molar-refractivity contribution in [1.82, 2.24) is 9.97 Å². The maximum absolute atomic E-state index is 4.70. The van der Waals surface area contributed by atoms with Crippen LogP contribution in [0.25, 0.3) is 66.0 Å². The number of hydrogen-bond acceptors (Lipinski definition) is 3. The van der Waals surface area contributed by atoms with E-state index in [4.69, 9.17) is 9.97 Å². The average Bonchev–Trinajstić information content (AvgIpc) is 3.18. The first-order valence-corrected chi connectivity index (χ1v) is 16.6. The number of nitrogens with zero attached hydrogens (tertiary/aromatic N) is 3. The van der Waals surface area contributed by atoms with Gasteiger partial charge in [-0.05, 0) is 99.8 Å². The largest absolute Gasteiger partial charge is 0.311 e. The summed E-state index contributed by atoms with van der Waals surface area (Å²) < 4.78 is 0. The van der Waals surface area contributed by atoms with Crippen molar-refractivity contribution in [2.24, 2.45) is 0 Å². The van der Waals surface area contributed by atoms with E-state index in [-0.39, 0.29) is 0 Å². The van der Waals surface area contributed by atoms with E-state index in [0.29, 0.717) is 0 Å². The summed E-state index contributed by atoms with van der Waals surface area (Å²) >= 11 is 0. The van der Waals surface area contributed by atoms with Gasteiger partial charge in [0.25, 0.3) is 0 Å².